The van der Waals surface area contributed by atoms with Gasteiger partial charge in [0.05, 0.1) is 6.21 Å². The molecule has 0 unspecified atom stereocenters. The number of rotatable bonds is 2. The fourth-order valence-corrected chi connectivity index (χ4v) is 1.52. The molecule has 19 heavy (non-hydrogen) atoms. The molecule has 0 bridgehead atoms. The average molecular weight is 260 g/mol. The van der Waals surface area contributed by atoms with Crippen LogP contribution in [-0.4, -0.2) is 17.9 Å². The zero-order valence-corrected chi connectivity index (χ0v) is 11.1. The zero-order chi connectivity index (χ0) is 13.9. The second kappa shape index (κ2) is 5.14. The normalized spacial score (nSPS) is 11.9. The zero-order valence-electron chi connectivity index (χ0n) is 11.1. The number of carbonyl (C=O) groups excluding carboxylic acids is 1. The SMILES string of the molecule is CC(C)(C)OC(=O)NN=Cc1cc2ccccc2o1. The lowest BCUT2D eigenvalue weighted by Gasteiger charge is -2.18. The molecule has 100 valence electrons. The van der Waals surface area contributed by atoms with E-state index in [4.69, 9.17) is 9.15 Å². The molecule has 2 aromatic rings. The Morgan fingerprint density at radius 3 is 2.79 bits per heavy atom. The number of amides is 1. The summed E-state index contributed by atoms with van der Waals surface area (Å²) in [5, 5.41) is 4.76. The van der Waals surface area contributed by atoms with Gasteiger partial charge in [-0.05, 0) is 32.9 Å². The van der Waals surface area contributed by atoms with E-state index < -0.39 is 11.7 Å². The molecule has 1 aromatic heterocycles. The number of hydrazone groups is 1. The molecule has 0 aliphatic rings. The van der Waals surface area contributed by atoms with Crippen LogP contribution in [0.1, 0.15) is 26.5 Å². The van der Waals surface area contributed by atoms with Crippen molar-refractivity contribution in [1.29, 1.82) is 0 Å². The third kappa shape index (κ3) is 3.84. The summed E-state index contributed by atoms with van der Waals surface area (Å²) >= 11 is 0. The summed E-state index contributed by atoms with van der Waals surface area (Å²) in [5.74, 6) is 0.567. The maximum atomic E-state index is 11.3. The van der Waals surface area contributed by atoms with E-state index >= 15 is 0 Å². The van der Waals surface area contributed by atoms with E-state index in [0.29, 0.717) is 5.76 Å². The van der Waals surface area contributed by atoms with E-state index in [-0.39, 0.29) is 0 Å². The molecule has 5 heteroatoms. The van der Waals surface area contributed by atoms with Crippen LogP contribution >= 0.6 is 0 Å². The first kappa shape index (κ1) is 13.1. The number of nitrogens with one attached hydrogen (secondary N) is 1. The van der Waals surface area contributed by atoms with Crippen molar-refractivity contribution in [1.82, 2.24) is 5.43 Å². The Balaban J connectivity index is 1.97. The molecule has 5 nitrogen and oxygen atoms in total. The van der Waals surface area contributed by atoms with Crippen molar-refractivity contribution < 1.29 is 13.9 Å². The fourth-order valence-electron chi connectivity index (χ4n) is 1.52. The van der Waals surface area contributed by atoms with Gasteiger partial charge < -0.3 is 9.15 Å². The van der Waals surface area contributed by atoms with E-state index in [9.17, 15) is 4.79 Å². The van der Waals surface area contributed by atoms with Crippen molar-refractivity contribution in [3.8, 4) is 0 Å². The number of hydrogen-bond acceptors (Lipinski definition) is 4. The van der Waals surface area contributed by atoms with Crippen molar-refractivity contribution in [3.63, 3.8) is 0 Å². The molecule has 1 N–H and O–H groups in total. The van der Waals surface area contributed by atoms with Crippen LogP contribution < -0.4 is 5.43 Å². The van der Waals surface area contributed by atoms with E-state index in [0.717, 1.165) is 11.0 Å². The molecular formula is C14H16N2O3. The van der Waals surface area contributed by atoms with Crippen LogP contribution in [0.3, 0.4) is 0 Å². The molecule has 0 atom stereocenters. The summed E-state index contributed by atoms with van der Waals surface area (Å²) in [6, 6.07) is 9.48. The summed E-state index contributed by atoms with van der Waals surface area (Å²) in [6.07, 6.45) is 0.837. The third-order valence-corrected chi connectivity index (χ3v) is 2.19. The topological polar surface area (TPSA) is 63.8 Å². The van der Waals surface area contributed by atoms with E-state index in [2.05, 4.69) is 10.5 Å². The lowest BCUT2D eigenvalue weighted by atomic mass is 10.2. The predicted molar refractivity (Wildman–Crippen MR) is 73.2 cm³/mol. The third-order valence-electron chi connectivity index (χ3n) is 2.19. The van der Waals surface area contributed by atoms with Crippen molar-refractivity contribution in [2.45, 2.75) is 26.4 Å². The summed E-state index contributed by atoms with van der Waals surface area (Å²) < 4.78 is 10.5. The highest BCUT2D eigenvalue weighted by Crippen LogP contribution is 2.17. The van der Waals surface area contributed by atoms with Gasteiger partial charge in [-0.2, -0.15) is 5.10 Å². The number of ether oxygens (including phenoxy) is 1. The molecule has 1 heterocycles. The maximum absolute atomic E-state index is 11.3. The van der Waals surface area contributed by atoms with Gasteiger partial charge in [-0.3, -0.25) is 0 Å². The molecule has 0 aliphatic carbocycles. The number of nitrogens with zero attached hydrogens (tertiary/aromatic N) is 1. The van der Waals surface area contributed by atoms with Crippen molar-refractivity contribution in [2.24, 2.45) is 5.10 Å². The molecule has 0 fully saturated rings. The van der Waals surface area contributed by atoms with Gasteiger partial charge in [-0.1, -0.05) is 18.2 Å². The minimum atomic E-state index is -0.597. The molecule has 2 rings (SSSR count). The molecule has 1 amide bonds. The van der Waals surface area contributed by atoms with Crippen molar-refractivity contribution in [3.05, 3.63) is 36.1 Å². The number of benzene rings is 1. The largest absolute Gasteiger partial charge is 0.455 e. The Labute approximate surface area is 111 Å². The monoisotopic (exact) mass is 260 g/mol. The highest BCUT2D eigenvalue weighted by atomic mass is 16.6. The van der Waals surface area contributed by atoms with Crippen LogP contribution in [0.2, 0.25) is 0 Å². The van der Waals surface area contributed by atoms with E-state index in [1.165, 1.54) is 6.21 Å². The Morgan fingerprint density at radius 1 is 1.37 bits per heavy atom. The van der Waals surface area contributed by atoms with Crippen LogP contribution in [0.5, 0.6) is 0 Å². The van der Waals surface area contributed by atoms with Gasteiger partial charge >= 0.3 is 6.09 Å². The second-order valence-corrected chi connectivity index (χ2v) is 5.06. The number of carbonyl (C=O) groups is 1. The highest BCUT2D eigenvalue weighted by molar-refractivity contribution is 5.87. The standard InChI is InChI=1S/C14H16N2O3/c1-14(2,3)19-13(17)16-15-9-11-8-10-6-4-5-7-12(10)18-11/h4-9H,1-3H3,(H,16,17). The van der Waals surface area contributed by atoms with Gasteiger partial charge in [0.2, 0.25) is 0 Å². The number of fused-ring (bicyclic) bond motifs is 1. The molecule has 0 spiro atoms. The number of furan rings is 1. The molecule has 0 saturated heterocycles. The van der Waals surface area contributed by atoms with Crippen molar-refractivity contribution in [2.75, 3.05) is 0 Å². The minimum absolute atomic E-state index is 0.543. The number of hydrogen-bond donors (Lipinski definition) is 1. The smallest absolute Gasteiger partial charge is 0.428 e. The first-order chi connectivity index (χ1) is 8.94. The summed E-state index contributed by atoms with van der Waals surface area (Å²) in [6.45, 7) is 5.36. The molecule has 0 aliphatic heterocycles. The Morgan fingerprint density at radius 2 is 2.11 bits per heavy atom. The van der Waals surface area contributed by atoms with Crippen LogP contribution in [-0.2, 0) is 4.74 Å². The highest BCUT2D eigenvalue weighted by Gasteiger charge is 2.15. The maximum Gasteiger partial charge on any atom is 0.428 e. The molecular weight excluding hydrogens is 244 g/mol. The van der Waals surface area contributed by atoms with E-state index in [1.54, 1.807) is 20.8 Å². The lowest BCUT2D eigenvalue weighted by molar-refractivity contribution is 0.0529. The lowest BCUT2D eigenvalue weighted by Crippen LogP contribution is -2.29. The molecule has 1 aromatic carbocycles. The first-order valence-corrected chi connectivity index (χ1v) is 5.95. The van der Waals surface area contributed by atoms with E-state index in [1.807, 2.05) is 30.3 Å². The Hall–Kier alpha value is -2.30. The minimum Gasteiger partial charge on any atom is -0.455 e. The Bertz CT molecular complexity index is 575. The average Bonchev–Trinajstić information content (AvgIpc) is 2.68. The Kier molecular flexibility index (Phi) is 3.55. The number of para-hydroxylation sites is 1. The van der Waals surface area contributed by atoms with Gasteiger partial charge in [-0.25, -0.2) is 10.2 Å². The molecule has 0 radical (unpaired) electrons. The second-order valence-electron chi connectivity index (χ2n) is 5.06. The van der Waals surface area contributed by atoms with Crippen LogP contribution in [0.4, 0.5) is 4.79 Å². The summed E-state index contributed by atoms with van der Waals surface area (Å²) in [5.41, 5.74) is 2.52. The summed E-state index contributed by atoms with van der Waals surface area (Å²) in [4.78, 5) is 11.3. The van der Waals surface area contributed by atoms with Crippen LogP contribution in [0, 0.1) is 0 Å². The van der Waals surface area contributed by atoms with Gasteiger partial charge in [0.25, 0.3) is 0 Å². The first-order valence-electron chi connectivity index (χ1n) is 5.95. The van der Waals surface area contributed by atoms with Crippen LogP contribution in [0.25, 0.3) is 11.0 Å². The van der Waals surface area contributed by atoms with Gasteiger partial charge in [-0.15, -0.1) is 0 Å². The van der Waals surface area contributed by atoms with Gasteiger partial charge in [0.1, 0.15) is 16.9 Å². The molecule has 0 saturated carbocycles. The van der Waals surface area contributed by atoms with Crippen molar-refractivity contribution >= 4 is 23.3 Å². The summed E-state index contributed by atoms with van der Waals surface area (Å²) in [7, 11) is 0. The van der Waals surface area contributed by atoms with Gasteiger partial charge in [0.15, 0.2) is 0 Å². The van der Waals surface area contributed by atoms with Gasteiger partial charge in [0, 0.05) is 5.39 Å². The quantitative estimate of drug-likeness (QED) is 0.665. The predicted octanol–water partition coefficient (Wildman–Crippen LogP) is 3.29. The fraction of sp³-hybridized carbons (Fsp3) is 0.286. The van der Waals surface area contributed by atoms with Crippen LogP contribution in [0.15, 0.2) is 39.9 Å².